The van der Waals surface area contributed by atoms with Crippen molar-refractivity contribution in [1.82, 2.24) is 19.7 Å². The summed E-state index contributed by atoms with van der Waals surface area (Å²) in [6.07, 6.45) is 1.78. The summed E-state index contributed by atoms with van der Waals surface area (Å²) in [6.45, 7) is 1.76. The van der Waals surface area contributed by atoms with Crippen LogP contribution in [-0.4, -0.2) is 58.0 Å². The Balaban J connectivity index is 1.44. The summed E-state index contributed by atoms with van der Waals surface area (Å²) in [5.74, 6) is -0.534. The zero-order valence-electron chi connectivity index (χ0n) is 17.9. The molecular formula is C22H22FN5O5. The fourth-order valence-electron chi connectivity index (χ4n) is 3.34. The van der Waals surface area contributed by atoms with Crippen LogP contribution in [0.15, 0.2) is 42.7 Å². The van der Waals surface area contributed by atoms with Crippen molar-refractivity contribution in [1.29, 1.82) is 0 Å². The number of benzene rings is 2. The first-order valence-electron chi connectivity index (χ1n) is 10.2. The lowest BCUT2D eigenvalue weighted by atomic mass is 10.1. The average molecular weight is 455 g/mol. The van der Waals surface area contributed by atoms with Crippen LogP contribution in [0, 0.1) is 5.82 Å². The molecule has 2 aromatic carbocycles. The quantitative estimate of drug-likeness (QED) is 0.492. The monoisotopic (exact) mass is 455 g/mol. The van der Waals surface area contributed by atoms with E-state index in [0.29, 0.717) is 49.9 Å². The molecule has 0 bridgehead atoms. The van der Waals surface area contributed by atoms with E-state index in [1.807, 2.05) is 0 Å². The fourth-order valence-corrected chi connectivity index (χ4v) is 3.34. The van der Waals surface area contributed by atoms with E-state index in [2.05, 4.69) is 10.2 Å². The van der Waals surface area contributed by atoms with Crippen molar-refractivity contribution in [3.8, 4) is 28.6 Å². The lowest BCUT2D eigenvalue weighted by molar-refractivity contribution is 0.0998. The summed E-state index contributed by atoms with van der Waals surface area (Å²) < 4.78 is 32.5. The molecule has 0 aliphatic carbocycles. The molecule has 0 saturated carbocycles. The van der Waals surface area contributed by atoms with E-state index in [-0.39, 0.29) is 23.2 Å². The van der Waals surface area contributed by atoms with Crippen LogP contribution in [0.5, 0.6) is 17.2 Å². The van der Waals surface area contributed by atoms with Gasteiger partial charge in [0, 0.05) is 25.2 Å². The predicted molar refractivity (Wildman–Crippen MR) is 114 cm³/mol. The van der Waals surface area contributed by atoms with E-state index in [1.165, 1.54) is 24.5 Å². The summed E-state index contributed by atoms with van der Waals surface area (Å²) in [5.41, 5.74) is 6.17. The molecule has 0 spiro atoms. The summed E-state index contributed by atoms with van der Waals surface area (Å²) >= 11 is 0. The third-order valence-corrected chi connectivity index (χ3v) is 5.03. The van der Waals surface area contributed by atoms with Crippen molar-refractivity contribution in [2.45, 2.75) is 6.42 Å². The topological polar surface area (TPSA) is 122 Å². The van der Waals surface area contributed by atoms with E-state index in [9.17, 15) is 14.0 Å². The molecule has 33 heavy (non-hydrogen) atoms. The fraction of sp³-hybridized carbons (Fsp3) is 0.273. The molecule has 4 rings (SSSR count). The molecule has 1 saturated heterocycles. The number of aromatic nitrogens is 3. The van der Waals surface area contributed by atoms with E-state index in [0.717, 1.165) is 0 Å². The van der Waals surface area contributed by atoms with Crippen molar-refractivity contribution in [3.63, 3.8) is 0 Å². The van der Waals surface area contributed by atoms with Gasteiger partial charge >= 0.3 is 6.09 Å². The highest BCUT2D eigenvalue weighted by atomic mass is 19.1. The third kappa shape index (κ3) is 5.03. The molecule has 1 aliphatic heterocycles. The Bertz CT molecular complexity index is 1180. The van der Waals surface area contributed by atoms with Crippen molar-refractivity contribution >= 4 is 12.0 Å². The molecule has 0 unspecified atom stereocenters. The van der Waals surface area contributed by atoms with Crippen molar-refractivity contribution in [2.75, 3.05) is 26.3 Å². The van der Waals surface area contributed by atoms with Gasteiger partial charge in [-0.15, -0.1) is 10.2 Å². The van der Waals surface area contributed by atoms with Crippen LogP contribution in [0.2, 0.25) is 0 Å². The number of hydrogen-bond acceptors (Lipinski definition) is 7. The summed E-state index contributed by atoms with van der Waals surface area (Å²) in [7, 11) is 1.77. The van der Waals surface area contributed by atoms with Crippen LogP contribution >= 0.6 is 0 Å². The molecule has 172 valence electrons. The highest BCUT2D eigenvalue weighted by molar-refractivity contribution is 5.96. The normalized spacial score (nSPS) is 13.2. The molecule has 2 N–H and O–H groups in total. The van der Waals surface area contributed by atoms with Gasteiger partial charge in [0.25, 0.3) is 5.91 Å². The van der Waals surface area contributed by atoms with Gasteiger partial charge in [0.1, 0.15) is 24.4 Å². The van der Waals surface area contributed by atoms with E-state index in [4.69, 9.17) is 19.9 Å². The van der Waals surface area contributed by atoms with Gasteiger partial charge in [-0.1, -0.05) is 6.07 Å². The van der Waals surface area contributed by atoms with E-state index in [1.54, 1.807) is 34.7 Å². The number of rotatable bonds is 9. The minimum absolute atomic E-state index is 0.0908. The molecular weight excluding hydrogens is 433 g/mol. The lowest BCUT2D eigenvalue weighted by Crippen LogP contribution is -2.26. The number of hydrogen-bond donors (Lipinski definition) is 1. The van der Waals surface area contributed by atoms with Crippen LogP contribution in [0.4, 0.5) is 9.18 Å². The molecule has 1 aromatic heterocycles. The number of aryl methyl sites for hydroxylation is 1. The Hall–Kier alpha value is -4.15. The van der Waals surface area contributed by atoms with Crippen LogP contribution in [0.3, 0.4) is 0 Å². The first-order chi connectivity index (χ1) is 15.9. The van der Waals surface area contributed by atoms with Gasteiger partial charge in [-0.25, -0.2) is 9.18 Å². The number of carbonyl (C=O) groups is 2. The summed E-state index contributed by atoms with van der Waals surface area (Å²) in [4.78, 5) is 24.8. The van der Waals surface area contributed by atoms with Gasteiger partial charge in [0.2, 0.25) is 0 Å². The van der Waals surface area contributed by atoms with Gasteiger partial charge < -0.3 is 29.4 Å². The maximum absolute atomic E-state index is 14.7. The maximum atomic E-state index is 14.7. The van der Waals surface area contributed by atoms with E-state index >= 15 is 0 Å². The second kappa shape index (κ2) is 9.55. The van der Waals surface area contributed by atoms with Crippen LogP contribution in [0.25, 0.3) is 11.4 Å². The first kappa shape index (κ1) is 22.1. The zero-order chi connectivity index (χ0) is 23.4. The van der Waals surface area contributed by atoms with Crippen molar-refractivity contribution < 1.29 is 28.2 Å². The smallest absolute Gasteiger partial charge is 0.409 e. The van der Waals surface area contributed by atoms with Gasteiger partial charge in [0.05, 0.1) is 18.7 Å². The molecule has 1 aliphatic rings. The van der Waals surface area contributed by atoms with Crippen LogP contribution in [0.1, 0.15) is 16.8 Å². The average Bonchev–Trinajstić information content (AvgIpc) is 3.40. The number of amides is 2. The van der Waals surface area contributed by atoms with Crippen molar-refractivity contribution in [2.24, 2.45) is 12.8 Å². The molecule has 0 radical (unpaired) electrons. The predicted octanol–water partition coefficient (Wildman–Crippen LogP) is 2.73. The van der Waals surface area contributed by atoms with Crippen LogP contribution < -0.4 is 15.2 Å². The minimum Gasteiger partial charge on any atom is -0.493 e. The number of cyclic esters (lactones) is 1. The number of nitrogens with zero attached hydrogens (tertiary/aromatic N) is 4. The maximum Gasteiger partial charge on any atom is 0.409 e. The van der Waals surface area contributed by atoms with Crippen molar-refractivity contribution in [3.05, 3.63) is 54.1 Å². The van der Waals surface area contributed by atoms with E-state index < -0.39 is 11.7 Å². The Morgan fingerprint density at radius 3 is 2.76 bits per heavy atom. The number of nitrogens with two attached hydrogens (primary N) is 1. The zero-order valence-corrected chi connectivity index (χ0v) is 17.9. The number of carbonyl (C=O) groups excluding carboxylic acids is 2. The number of primary amides is 1. The molecule has 0 atom stereocenters. The molecule has 10 nitrogen and oxygen atoms in total. The molecule has 11 heteroatoms. The Morgan fingerprint density at radius 1 is 1.24 bits per heavy atom. The van der Waals surface area contributed by atoms with Gasteiger partial charge in [-0.05, 0) is 30.7 Å². The first-order valence-corrected chi connectivity index (χ1v) is 10.2. The second-order valence-electron chi connectivity index (χ2n) is 7.34. The Labute approximate surface area is 188 Å². The molecule has 2 amide bonds. The molecule has 2 heterocycles. The number of halogens is 1. The lowest BCUT2D eigenvalue weighted by Gasteiger charge is -2.14. The highest BCUT2D eigenvalue weighted by Gasteiger charge is 2.21. The van der Waals surface area contributed by atoms with Gasteiger partial charge in [0.15, 0.2) is 17.4 Å². The SMILES string of the molecule is Cn1cnnc1-c1ccc(C(N)=O)c(Oc2ccc(OCCCN3CCOC3=O)cc2F)c1. The largest absolute Gasteiger partial charge is 0.493 e. The van der Waals surface area contributed by atoms with Crippen LogP contribution in [-0.2, 0) is 11.8 Å². The third-order valence-electron chi connectivity index (χ3n) is 5.03. The standard InChI is InChI=1S/C22H22FN5O5/c1-27-13-25-26-21(27)14-3-5-16(20(24)29)19(11-14)33-18-6-4-15(12-17(18)23)31-9-2-7-28-8-10-32-22(28)30/h3-6,11-13H,2,7-10H2,1H3,(H2,24,29). The highest BCUT2D eigenvalue weighted by Crippen LogP contribution is 2.32. The number of ether oxygens (including phenoxy) is 3. The summed E-state index contributed by atoms with van der Waals surface area (Å²) in [5, 5.41) is 7.86. The molecule has 3 aromatic rings. The minimum atomic E-state index is -0.711. The molecule has 1 fully saturated rings. The van der Waals surface area contributed by atoms with Gasteiger partial charge in [-0.3, -0.25) is 4.79 Å². The Morgan fingerprint density at radius 2 is 2.09 bits per heavy atom. The summed E-state index contributed by atoms with van der Waals surface area (Å²) in [6, 6.07) is 8.85. The Kier molecular flexibility index (Phi) is 6.38. The second-order valence-corrected chi connectivity index (χ2v) is 7.34. The van der Waals surface area contributed by atoms with Gasteiger partial charge in [-0.2, -0.15) is 0 Å².